The first-order chi connectivity index (χ1) is 9.00. The molecule has 0 aliphatic rings. The third-order valence-electron chi connectivity index (χ3n) is 3.03. The van der Waals surface area contributed by atoms with Crippen LogP contribution in [0.15, 0.2) is 34.9 Å². The standard InChI is InChI=1S/C14H15NO4/c1-9(14(17)18)7-15(2)13(16)11-8-19-12-6-4-3-5-10(11)12/h3-6,8-9H,7H2,1-2H3,(H,17,18). The van der Waals surface area contributed by atoms with Crippen molar-refractivity contribution < 1.29 is 19.1 Å². The van der Waals surface area contributed by atoms with Crippen molar-refractivity contribution in [2.45, 2.75) is 6.92 Å². The van der Waals surface area contributed by atoms with Gasteiger partial charge in [0, 0.05) is 19.0 Å². The fraction of sp³-hybridized carbons (Fsp3) is 0.286. The van der Waals surface area contributed by atoms with Gasteiger partial charge in [0.15, 0.2) is 0 Å². The number of carboxylic acids is 1. The predicted octanol–water partition coefficient (Wildman–Crippen LogP) is 2.23. The van der Waals surface area contributed by atoms with Crippen LogP contribution in [0, 0.1) is 5.92 Å². The molecular weight excluding hydrogens is 246 g/mol. The predicted molar refractivity (Wildman–Crippen MR) is 70.0 cm³/mol. The van der Waals surface area contributed by atoms with E-state index in [1.165, 1.54) is 11.2 Å². The first-order valence-corrected chi connectivity index (χ1v) is 5.95. The number of hydrogen-bond donors (Lipinski definition) is 1. The van der Waals surface area contributed by atoms with E-state index in [0.29, 0.717) is 11.1 Å². The summed E-state index contributed by atoms with van der Waals surface area (Å²) in [5.74, 6) is -1.76. The van der Waals surface area contributed by atoms with E-state index in [9.17, 15) is 9.59 Å². The molecule has 1 N–H and O–H groups in total. The lowest BCUT2D eigenvalue weighted by Crippen LogP contribution is -2.33. The molecule has 1 amide bonds. The van der Waals surface area contributed by atoms with Gasteiger partial charge in [-0.25, -0.2) is 0 Å². The van der Waals surface area contributed by atoms with Crippen LogP contribution in [0.5, 0.6) is 0 Å². The molecule has 100 valence electrons. The molecule has 19 heavy (non-hydrogen) atoms. The summed E-state index contributed by atoms with van der Waals surface area (Å²) in [6.07, 6.45) is 1.41. The molecular formula is C14H15NO4. The number of fused-ring (bicyclic) bond motifs is 1. The zero-order chi connectivity index (χ0) is 14.0. The molecule has 5 nitrogen and oxygen atoms in total. The van der Waals surface area contributed by atoms with Gasteiger partial charge < -0.3 is 14.4 Å². The first kappa shape index (κ1) is 13.1. The lowest BCUT2D eigenvalue weighted by Gasteiger charge is -2.18. The summed E-state index contributed by atoms with van der Waals surface area (Å²) in [7, 11) is 1.59. The van der Waals surface area contributed by atoms with Crippen LogP contribution in [-0.4, -0.2) is 35.5 Å². The molecule has 1 atom stereocenters. The summed E-state index contributed by atoms with van der Waals surface area (Å²) in [4.78, 5) is 24.4. The van der Waals surface area contributed by atoms with Crippen LogP contribution in [0.2, 0.25) is 0 Å². The number of para-hydroxylation sites is 1. The minimum Gasteiger partial charge on any atom is -0.481 e. The molecule has 0 fully saturated rings. The van der Waals surface area contributed by atoms with E-state index in [1.807, 2.05) is 12.1 Å². The van der Waals surface area contributed by atoms with Gasteiger partial charge in [-0.2, -0.15) is 0 Å². The van der Waals surface area contributed by atoms with E-state index < -0.39 is 11.9 Å². The van der Waals surface area contributed by atoms with Crippen LogP contribution in [0.4, 0.5) is 0 Å². The summed E-state index contributed by atoms with van der Waals surface area (Å²) in [6.45, 7) is 1.73. The van der Waals surface area contributed by atoms with Gasteiger partial charge in [0.2, 0.25) is 0 Å². The van der Waals surface area contributed by atoms with Crippen molar-refractivity contribution in [2.24, 2.45) is 5.92 Å². The third-order valence-corrected chi connectivity index (χ3v) is 3.03. The van der Waals surface area contributed by atoms with Crippen LogP contribution >= 0.6 is 0 Å². The van der Waals surface area contributed by atoms with Crippen molar-refractivity contribution in [3.8, 4) is 0 Å². The molecule has 2 rings (SSSR count). The number of carbonyl (C=O) groups is 2. The summed E-state index contributed by atoms with van der Waals surface area (Å²) in [5.41, 5.74) is 1.10. The number of aliphatic carboxylic acids is 1. The summed E-state index contributed by atoms with van der Waals surface area (Å²) < 4.78 is 5.31. The Kier molecular flexibility index (Phi) is 3.55. The lowest BCUT2D eigenvalue weighted by atomic mass is 10.1. The molecule has 1 aromatic heterocycles. The smallest absolute Gasteiger partial charge is 0.308 e. The largest absolute Gasteiger partial charge is 0.481 e. The quantitative estimate of drug-likeness (QED) is 0.916. The molecule has 0 spiro atoms. The van der Waals surface area contributed by atoms with Crippen LogP contribution < -0.4 is 0 Å². The molecule has 0 saturated heterocycles. The van der Waals surface area contributed by atoms with Gasteiger partial charge in [0.05, 0.1) is 11.5 Å². The Morgan fingerprint density at radius 3 is 2.74 bits per heavy atom. The summed E-state index contributed by atoms with van der Waals surface area (Å²) >= 11 is 0. The normalized spacial score (nSPS) is 12.3. The second kappa shape index (κ2) is 5.14. The highest BCUT2D eigenvalue weighted by Gasteiger charge is 2.21. The zero-order valence-electron chi connectivity index (χ0n) is 10.8. The Morgan fingerprint density at radius 1 is 1.37 bits per heavy atom. The maximum absolute atomic E-state index is 12.3. The zero-order valence-corrected chi connectivity index (χ0v) is 10.8. The van der Waals surface area contributed by atoms with Crippen LogP contribution in [-0.2, 0) is 4.79 Å². The second-order valence-electron chi connectivity index (χ2n) is 4.57. The minimum atomic E-state index is -0.920. The topological polar surface area (TPSA) is 70.8 Å². The first-order valence-electron chi connectivity index (χ1n) is 5.95. The van der Waals surface area contributed by atoms with Gasteiger partial charge in [-0.15, -0.1) is 0 Å². The Hall–Kier alpha value is -2.30. The molecule has 1 unspecified atom stereocenters. The summed E-state index contributed by atoms with van der Waals surface area (Å²) in [6, 6.07) is 7.25. The van der Waals surface area contributed by atoms with Crippen LogP contribution in [0.25, 0.3) is 11.0 Å². The van der Waals surface area contributed by atoms with Crippen molar-refractivity contribution in [1.29, 1.82) is 0 Å². The average molecular weight is 261 g/mol. The Balaban J connectivity index is 2.22. The maximum atomic E-state index is 12.3. The van der Waals surface area contributed by atoms with Crippen molar-refractivity contribution in [1.82, 2.24) is 4.90 Å². The fourth-order valence-electron chi connectivity index (χ4n) is 1.92. The third kappa shape index (κ3) is 2.59. The van der Waals surface area contributed by atoms with E-state index in [-0.39, 0.29) is 12.5 Å². The number of carboxylic acid groups (broad SMARTS) is 1. The van der Waals surface area contributed by atoms with E-state index >= 15 is 0 Å². The molecule has 5 heteroatoms. The molecule has 2 aromatic rings. The highest BCUT2D eigenvalue weighted by molar-refractivity contribution is 6.05. The van der Waals surface area contributed by atoms with E-state index in [4.69, 9.17) is 9.52 Å². The second-order valence-corrected chi connectivity index (χ2v) is 4.57. The molecule has 0 bridgehead atoms. The van der Waals surface area contributed by atoms with Crippen LogP contribution in [0.1, 0.15) is 17.3 Å². The SMILES string of the molecule is CC(CN(C)C(=O)c1coc2ccccc12)C(=O)O. The number of nitrogens with zero attached hydrogens (tertiary/aromatic N) is 1. The van der Waals surface area contributed by atoms with Gasteiger partial charge >= 0.3 is 5.97 Å². The van der Waals surface area contributed by atoms with E-state index in [0.717, 1.165) is 5.39 Å². The molecule has 1 heterocycles. The molecule has 0 saturated carbocycles. The van der Waals surface area contributed by atoms with Gasteiger partial charge in [-0.1, -0.05) is 25.1 Å². The monoisotopic (exact) mass is 261 g/mol. The molecule has 0 radical (unpaired) electrons. The number of hydrogen-bond acceptors (Lipinski definition) is 3. The molecule has 0 aliphatic heterocycles. The van der Waals surface area contributed by atoms with Gasteiger partial charge in [0.1, 0.15) is 11.8 Å². The minimum absolute atomic E-state index is 0.160. The van der Waals surface area contributed by atoms with Crippen molar-refractivity contribution in [3.05, 3.63) is 36.1 Å². The maximum Gasteiger partial charge on any atom is 0.308 e. The number of furan rings is 1. The Labute approximate surface area is 110 Å². The lowest BCUT2D eigenvalue weighted by molar-refractivity contribution is -0.141. The Bertz CT molecular complexity index is 617. The van der Waals surface area contributed by atoms with Crippen LogP contribution in [0.3, 0.4) is 0 Å². The molecule has 0 aliphatic carbocycles. The fourth-order valence-corrected chi connectivity index (χ4v) is 1.92. The van der Waals surface area contributed by atoms with Gasteiger partial charge in [-0.3, -0.25) is 9.59 Å². The summed E-state index contributed by atoms with van der Waals surface area (Å²) in [5, 5.41) is 9.60. The number of benzene rings is 1. The van der Waals surface area contributed by atoms with Gasteiger partial charge in [0.25, 0.3) is 5.91 Å². The van der Waals surface area contributed by atoms with Crippen molar-refractivity contribution in [3.63, 3.8) is 0 Å². The van der Waals surface area contributed by atoms with Crippen molar-refractivity contribution >= 4 is 22.8 Å². The number of amides is 1. The molecule has 1 aromatic carbocycles. The number of carbonyl (C=O) groups excluding carboxylic acids is 1. The van der Waals surface area contributed by atoms with E-state index in [2.05, 4.69) is 0 Å². The van der Waals surface area contributed by atoms with Gasteiger partial charge in [-0.05, 0) is 6.07 Å². The average Bonchev–Trinajstić information content (AvgIpc) is 2.81. The van der Waals surface area contributed by atoms with Crippen molar-refractivity contribution in [2.75, 3.05) is 13.6 Å². The number of rotatable bonds is 4. The highest BCUT2D eigenvalue weighted by atomic mass is 16.4. The Morgan fingerprint density at radius 2 is 2.05 bits per heavy atom. The van der Waals surface area contributed by atoms with E-state index in [1.54, 1.807) is 26.1 Å². The highest BCUT2D eigenvalue weighted by Crippen LogP contribution is 2.22.